The summed E-state index contributed by atoms with van der Waals surface area (Å²) in [6.45, 7) is 3.13. The Labute approximate surface area is 116 Å². The first kappa shape index (κ1) is 16.0. The fraction of sp³-hybridized carbons (Fsp3) is 0.462. The van der Waals surface area contributed by atoms with E-state index in [-0.39, 0.29) is 0 Å². The van der Waals surface area contributed by atoms with E-state index in [1.54, 1.807) is 0 Å². The van der Waals surface area contributed by atoms with E-state index in [0.29, 0.717) is 12.1 Å². The van der Waals surface area contributed by atoms with Crippen molar-refractivity contribution >= 4 is 11.9 Å². The zero-order valence-electron chi connectivity index (χ0n) is 11.5. The Balaban J connectivity index is 2.97. The molecule has 1 aromatic rings. The quantitative estimate of drug-likeness (QED) is 0.766. The number of pyridine rings is 1. The minimum atomic E-state index is -1.28. The van der Waals surface area contributed by atoms with Crippen LogP contribution in [0.5, 0.6) is 0 Å². The number of aliphatic hydroxyl groups is 1. The van der Waals surface area contributed by atoms with Gasteiger partial charge in [0.2, 0.25) is 0 Å². The summed E-state index contributed by atoms with van der Waals surface area (Å²) in [5.41, 5.74) is 0.127. The van der Waals surface area contributed by atoms with E-state index < -0.39 is 35.5 Å². The number of esters is 1. The van der Waals surface area contributed by atoms with Crippen LogP contribution in [0.4, 0.5) is 4.39 Å². The molecular formula is C13H17FN2O4. The van der Waals surface area contributed by atoms with Gasteiger partial charge < -0.3 is 15.2 Å². The van der Waals surface area contributed by atoms with E-state index in [4.69, 9.17) is 0 Å². The topological polar surface area (TPSA) is 88.5 Å². The highest BCUT2D eigenvalue weighted by atomic mass is 19.1. The van der Waals surface area contributed by atoms with Gasteiger partial charge in [-0.15, -0.1) is 0 Å². The van der Waals surface area contributed by atoms with Gasteiger partial charge in [-0.25, -0.2) is 14.2 Å². The maximum Gasteiger partial charge on any atom is 0.331 e. The average Bonchev–Trinajstić information content (AvgIpc) is 2.43. The van der Waals surface area contributed by atoms with Crippen LogP contribution in [0.2, 0.25) is 0 Å². The van der Waals surface area contributed by atoms with Gasteiger partial charge in [0, 0.05) is 5.69 Å². The number of carbonyl (C=O) groups excluding carboxylic acids is 2. The molecule has 0 aliphatic heterocycles. The van der Waals surface area contributed by atoms with Crippen molar-refractivity contribution < 1.29 is 23.8 Å². The predicted octanol–water partition coefficient (Wildman–Crippen LogP) is 0.435. The van der Waals surface area contributed by atoms with Crippen LogP contribution in [0.1, 0.15) is 30.0 Å². The first-order chi connectivity index (χ1) is 9.40. The van der Waals surface area contributed by atoms with Gasteiger partial charge in [0.1, 0.15) is 0 Å². The third-order valence-corrected chi connectivity index (χ3v) is 2.71. The van der Waals surface area contributed by atoms with E-state index in [0.717, 1.165) is 13.2 Å². The van der Waals surface area contributed by atoms with Crippen LogP contribution in [0.25, 0.3) is 0 Å². The summed E-state index contributed by atoms with van der Waals surface area (Å²) in [6.07, 6.45) is -0.638. The maximum absolute atomic E-state index is 13.6. The Bertz CT molecular complexity index is 505. The molecule has 0 saturated heterocycles. The van der Waals surface area contributed by atoms with Crippen LogP contribution in [0.15, 0.2) is 12.1 Å². The summed E-state index contributed by atoms with van der Waals surface area (Å²) in [7, 11) is 1.13. The lowest BCUT2D eigenvalue weighted by atomic mass is 10.1. The molecule has 1 rings (SSSR count). The van der Waals surface area contributed by atoms with Crippen LogP contribution in [0.3, 0.4) is 0 Å². The van der Waals surface area contributed by atoms with Gasteiger partial charge in [0.05, 0.1) is 13.2 Å². The first-order valence-corrected chi connectivity index (χ1v) is 6.12. The second-order valence-electron chi connectivity index (χ2n) is 4.20. The molecular weight excluding hydrogens is 267 g/mol. The molecule has 0 aliphatic rings. The minimum absolute atomic E-state index is 0.418. The number of methoxy groups -OCH3 is 1. The SMILES string of the molecule is CCc1ccc(F)c(C(=O)NC(C(=O)OC)C(C)O)n1. The van der Waals surface area contributed by atoms with Gasteiger partial charge in [-0.05, 0) is 25.5 Å². The molecule has 0 fully saturated rings. The van der Waals surface area contributed by atoms with Gasteiger partial charge in [-0.2, -0.15) is 0 Å². The molecule has 0 spiro atoms. The second-order valence-corrected chi connectivity index (χ2v) is 4.20. The molecule has 0 bridgehead atoms. The van der Waals surface area contributed by atoms with Crippen molar-refractivity contribution in [3.63, 3.8) is 0 Å². The van der Waals surface area contributed by atoms with E-state index in [9.17, 15) is 19.1 Å². The molecule has 6 nitrogen and oxygen atoms in total. The van der Waals surface area contributed by atoms with Gasteiger partial charge in [-0.3, -0.25) is 4.79 Å². The normalized spacial score (nSPS) is 13.4. The highest BCUT2D eigenvalue weighted by molar-refractivity contribution is 5.95. The lowest BCUT2D eigenvalue weighted by Gasteiger charge is -2.18. The molecule has 0 aromatic carbocycles. The fourth-order valence-electron chi connectivity index (χ4n) is 1.55. The molecule has 110 valence electrons. The largest absolute Gasteiger partial charge is 0.467 e. The number of aryl methyl sites for hydroxylation is 1. The van der Waals surface area contributed by atoms with Crippen molar-refractivity contribution in [3.05, 3.63) is 29.3 Å². The van der Waals surface area contributed by atoms with E-state index in [2.05, 4.69) is 15.0 Å². The number of hydrogen-bond donors (Lipinski definition) is 2. The van der Waals surface area contributed by atoms with Crippen LogP contribution in [-0.4, -0.2) is 41.2 Å². The smallest absolute Gasteiger partial charge is 0.331 e. The Morgan fingerprint density at radius 1 is 1.50 bits per heavy atom. The predicted molar refractivity (Wildman–Crippen MR) is 68.5 cm³/mol. The number of hydrogen-bond acceptors (Lipinski definition) is 5. The van der Waals surface area contributed by atoms with Crippen molar-refractivity contribution in [2.45, 2.75) is 32.4 Å². The molecule has 2 atom stereocenters. The minimum Gasteiger partial charge on any atom is -0.467 e. The second kappa shape index (κ2) is 6.95. The third kappa shape index (κ3) is 3.74. The molecule has 20 heavy (non-hydrogen) atoms. The zero-order valence-corrected chi connectivity index (χ0v) is 11.5. The van der Waals surface area contributed by atoms with Crippen molar-refractivity contribution in [3.8, 4) is 0 Å². The summed E-state index contributed by atoms with van der Waals surface area (Å²) in [4.78, 5) is 27.2. The summed E-state index contributed by atoms with van der Waals surface area (Å²) in [6, 6.07) is 1.33. The Hall–Kier alpha value is -2.02. The molecule has 1 heterocycles. The Morgan fingerprint density at radius 2 is 2.15 bits per heavy atom. The van der Waals surface area contributed by atoms with Crippen LogP contribution < -0.4 is 5.32 Å². The summed E-state index contributed by atoms with van der Waals surface area (Å²) < 4.78 is 18.0. The van der Waals surface area contributed by atoms with Crippen molar-refractivity contribution in [2.24, 2.45) is 0 Å². The summed E-state index contributed by atoms with van der Waals surface area (Å²) in [5, 5.41) is 11.7. The fourth-order valence-corrected chi connectivity index (χ4v) is 1.55. The maximum atomic E-state index is 13.6. The number of rotatable bonds is 5. The Kier molecular flexibility index (Phi) is 5.57. The van der Waals surface area contributed by atoms with Gasteiger partial charge in [-0.1, -0.05) is 6.92 Å². The number of carbonyl (C=O) groups is 2. The van der Waals surface area contributed by atoms with Gasteiger partial charge in [0.15, 0.2) is 17.6 Å². The number of aromatic nitrogens is 1. The Morgan fingerprint density at radius 3 is 2.65 bits per heavy atom. The number of aliphatic hydroxyl groups excluding tert-OH is 1. The van der Waals surface area contributed by atoms with Crippen LogP contribution in [0, 0.1) is 5.82 Å². The van der Waals surface area contributed by atoms with E-state index >= 15 is 0 Å². The van der Waals surface area contributed by atoms with Crippen molar-refractivity contribution in [2.75, 3.05) is 7.11 Å². The molecule has 7 heteroatoms. The van der Waals surface area contributed by atoms with E-state index in [1.807, 2.05) is 6.92 Å². The number of nitrogens with one attached hydrogen (secondary N) is 1. The lowest BCUT2D eigenvalue weighted by molar-refractivity contribution is -0.145. The standard InChI is InChI=1S/C13H17FN2O4/c1-4-8-5-6-9(14)11(15-8)12(18)16-10(7(2)17)13(19)20-3/h5-7,10,17H,4H2,1-3H3,(H,16,18). The molecule has 0 aliphatic carbocycles. The zero-order chi connectivity index (χ0) is 15.3. The van der Waals surface area contributed by atoms with Crippen LogP contribution in [-0.2, 0) is 16.0 Å². The molecule has 1 aromatic heterocycles. The number of ether oxygens (including phenoxy) is 1. The number of halogens is 1. The van der Waals surface area contributed by atoms with E-state index in [1.165, 1.54) is 13.0 Å². The third-order valence-electron chi connectivity index (χ3n) is 2.71. The molecule has 0 radical (unpaired) electrons. The highest BCUT2D eigenvalue weighted by Crippen LogP contribution is 2.08. The summed E-state index contributed by atoms with van der Waals surface area (Å²) >= 11 is 0. The number of amides is 1. The first-order valence-electron chi connectivity index (χ1n) is 6.12. The molecule has 2 unspecified atom stereocenters. The lowest BCUT2D eigenvalue weighted by Crippen LogP contribution is -2.48. The molecule has 2 N–H and O–H groups in total. The molecule has 0 saturated carbocycles. The highest BCUT2D eigenvalue weighted by Gasteiger charge is 2.28. The van der Waals surface area contributed by atoms with Gasteiger partial charge in [0.25, 0.3) is 5.91 Å². The average molecular weight is 284 g/mol. The van der Waals surface area contributed by atoms with Gasteiger partial charge >= 0.3 is 5.97 Å². The van der Waals surface area contributed by atoms with Crippen molar-refractivity contribution in [1.82, 2.24) is 10.3 Å². The molecule has 1 amide bonds. The number of nitrogens with zero attached hydrogens (tertiary/aromatic N) is 1. The van der Waals surface area contributed by atoms with Crippen molar-refractivity contribution in [1.29, 1.82) is 0 Å². The summed E-state index contributed by atoms with van der Waals surface area (Å²) in [5.74, 6) is -2.50. The van der Waals surface area contributed by atoms with Crippen LogP contribution >= 0.6 is 0 Å². The monoisotopic (exact) mass is 284 g/mol.